The maximum atomic E-state index is 8.89. The minimum absolute atomic E-state index is 0.972. The van der Waals surface area contributed by atoms with Gasteiger partial charge in [0.25, 0.3) is 0 Å². The second-order valence-electron chi connectivity index (χ2n) is 23.2. The van der Waals surface area contributed by atoms with Crippen LogP contribution in [0.3, 0.4) is 0 Å². The summed E-state index contributed by atoms with van der Waals surface area (Å²) in [6.07, 6.45) is 71.1. The van der Waals surface area contributed by atoms with Gasteiger partial charge in [0.1, 0.15) is 0 Å². The fourth-order valence-corrected chi connectivity index (χ4v) is 35.0. The van der Waals surface area contributed by atoms with E-state index in [4.69, 9.17) is 9.90 Å². The van der Waals surface area contributed by atoms with Crippen LogP contribution in [-0.2, 0) is 4.79 Å². The summed E-state index contributed by atoms with van der Waals surface area (Å²) >= 11 is -3.42. The van der Waals surface area contributed by atoms with Gasteiger partial charge in [-0.3, -0.25) is 0 Å². The summed E-state index contributed by atoms with van der Waals surface area (Å²) in [5, 5.41) is 8.89. The van der Waals surface area contributed by atoms with E-state index in [-0.39, 0.29) is 0 Å². The third-order valence-corrected chi connectivity index (χ3v) is 40.8. The SMILES string of the molecule is CC(=O)[O-].CCCCCCCCC[CH2][Sn+]([CH2]CCCCCCCCC)[CH2]CCCCCCCCC.CCCCCCCCC[CH2][Sn]([CH2]CCCCCCCCC)([CH2]CCCCCCCCC)[c]1ccccc1. The summed E-state index contributed by atoms with van der Waals surface area (Å²) in [6, 6.07) is 12.1. The molecule has 2 nitrogen and oxygen atoms in total. The first kappa shape index (κ1) is 74.4. The van der Waals surface area contributed by atoms with E-state index in [0.29, 0.717) is 0 Å². The Hall–Kier alpha value is 0.287. The number of carbonyl (C=O) groups excluding carboxylic acids is 1. The molecule has 0 fully saturated rings. The number of carboxylic acid groups (broad SMARTS) is 1. The summed E-state index contributed by atoms with van der Waals surface area (Å²) in [4.78, 5) is 8.89. The van der Waals surface area contributed by atoms with Crippen LogP contribution in [0.15, 0.2) is 30.3 Å². The van der Waals surface area contributed by atoms with Crippen LogP contribution in [0.25, 0.3) is 0 Å². The van der Waals surface area contributed by atoms with E-state index >= 15 is 0 Å². The molecule has 0 aliphatic rings. The molecule has 0 radical (unpaired) electrons. The first-order valence-corrected chi connectivity index (χ1v) is 47.0. The molecule has 4 heteroatoms. The number of carboxylic acids is 1. The Kier molecular flexibility index (Phi) is 65.9. The van der Waals surface area contributed by atoms with Crippen LogP contribution < -0.4 is 8.69 Å². The predicted octanol–water partition coefficient (Wildman–Crippen LogP) is 23.4. The zero-order valence-corrected chi connectivity index (χ0v) is 56.6. The molecule has 0 aliphatic carbocycles. The molecule has 0 bridgehead atoms. The van der Waals surface area contributed by atoms with Crippen LogP contribution in [0.5, 0.6) is 0 Å². The number of rotatable bonds is 55. The molecule has 1 rings (SSSR count). The monoisotopic (exact) mass is 1220 g/mol. The van der Waals surface area contributed by atoms with Gasteiger partial charge in [-0.1, -0.05) is 0 Å². The van der Waals surface area contributed by atoms with Gasteiger partial charge in [0.15, 0.2) is 0 Å². The van der Waals surface area contributed by atoms with Crippen molar-refractivity contribution in [3.63, 3.8) is 0 Å². The van der Waals surface area contributed by atoms with Gasteiger partial charge in [-0.05, 0) is 6.92 Å². The number of aliphatic carboxylic acids is 1. The minimum atomic E-state index is -2.36. The summed E-state index contributed by atoms with van der Waals surface area (Å²) < 4.78 is 11.9. The second kappa shape index (κ2) is 63.8. The van der Waals surface area contributed by atoms with E-state index < -0.39 is 44.1 Å². The quantitative estimate of drug-likeness (QED) is 0.0482. The van der Waals surface area contributed by atoms with Crippen molar-refractivity contribution in [3.8, 4) is 0 Å². The molecule has 1 aromatic carbocycles. The average Bonchev–Trinajstić information content (AvgIpc) is 3.38. The zero-order valence-electron chi connectivity index (χ0n) is 50.9. The predicted molar refractivity (Wildman–Crippen MR) is 333 cm³/mol. The van der Waals surface area contributed by atoms with Gasteiger partial charge in [-0.2, -0.15) is 0 Å². The number of benzene rings is 1. The molecule has 72 heavy (non-hydrogen) atoms. The second-order valence-corrected chi connectivity index (χ2v) is 45.0. The van der Waals surface area contributed by atoms with Crippen molar-refractivity contribution in [1.29, 1.82) is 0 Å². The Morgan fingerprint density at radius 2 is 0.500 bits per heavy atom. The Labute approximate surface area is 467 Å². The normalized spacial score (nSPS) is 11.3. The molecular formula is C68H134O2Sn2. The molecule has 0 spiro atoms. The van der Waals surface area contributed by atoms with Crippen LogP contribution in [0.1, 0.15) is 357 Å². The van der Waals surface area contributed by atoms with Crippen molar-refractivity contribution in [1.82, 2.24) is 0 Å². The Morgan fingerprint density at radius 1 is 0.319 bits per heavy atom. The van der Waals surface area contributed by atoms with Crippen molar-refractivity contribution < 1.29 is 9.90 Å². The molecule has 0 amide bonds. The molecule has 0 atom stereocenters. The summed E-state index contributed by atoms with van der Waals surface area (Å²) in [5.74, 6) is -1.08. The molecule has 1 aromatic rings. The molecule has 0 saturated heterocycles. The van der Waals surface area contributed by atoms with Crippen LogP contribution in [0.2, 0.25) is 26.6 Å². The van der Waals surface area contributed by atoms with Gasteiger partial charge < -0.3 is 9.90 Å². The molecule has 0 heterocycles. The fraction of sp³-hybridized carbons (Fsp3) is 0.897. The third kappa shape index (κ3) is 56.5. The standard InChI is InChI=1S/6C10H21.C6H5.C2H4O2.2Sn/c6*1-3-5-7-9-10-8-6-4-2;1-2-4-6-5-3-1;1-2(3)4;;/h6*1,3-10H2,2H3;1-5H;1H3,(H,3,4);;/q;;;;;;;;;+1/p-1. The van der Waals surface area contributed by atoms with Crippen LogP contribution >= 0.6 is 0 Å². The zero-order chi connectivity index (χ0) is 53.0. The van der Waals surface area contributed by atoms with E-state index in [2.05, 4.69) is 71.9 Å². The van der Waals surface area contributed by atoms with Crippen molar-refractivity contribution in [2.45, 2.75) is 383 Å². The molecule has 0 unspecified atom stereocenters. The Morgan fingerprint density at radius 3 is 0.708 bits per heavy atom. The summed E-state index contributed by atoms with van der Waals surface area (Å²) in [5.41, 5.74) is 0. The number of hydrogen-bond acceptors (Lipinski definition) is 2. The number of unbranched alkanes of at least 4 members (excludes halogenated alkanes) is 42. The molecular weight excluding hydrogens is 1090 g/mol. The summed E-state index contributed by atoms with van der Waals surface area (Å²) in [6.45, 7) is 14.9. The van der Waals surface area contributed by atoms with Crippen LogP contribution in [0, 0.1) is 0 Å². The van der Waals surface area contributed by atoms with Crippen molar-refractivity contribution in [2.75, 3.05) is 0 Å². The molecule has 0 aromatic heterocycles. The van der Waals surface area contributed by atoms with E-state index in [0.717, 1.165) is 6.92 Å². The van der Waals surface area contributed by atoms with Gasteiger partial charge in [0.05, 0.1) is 0 Å². The number of hydrogen-bond donors (Lipinski definition) is 0. The van der Waals surface area contributed by atoms with Gasteiger partial charge in [-0.15, -0.1) is 0 Å². The molecule has 0 saturated carbocycles. The maximum absolute atomic E-state index is 8.89. The van der Waals surface area contributed by atoms with Crippen molar-refractivity contribution >= 4 is 47.7 Å². The van der Waals surface area contributed by atoms with E-state index in [1.807, 2.05) is 3.58 Å². The average molecular weight is 1220 g/mol. The first-order chi connectivity index (χ1) is 35.4. The molecule has 0 aliphatic heterocycles. The van der Waals surface area contributed by atoms with Crippen molar-refractivity contribution in [2.24, 2.45) is 0 Å². The van der Waals surface area contributed by atoms with Gasteiger partial charge in [0.2, 0.25) is 0 Å². The first-order valence-electron chi connectivity index (χ1n) is 33.4. The van der Waals surface area contributed by atoms with E-state index in [1.165, 1.54) is 270 Å². The third-order valence-electron chi connectivity index (χ3n) is 16.1. The number of carbonyl (C=O) groups is 1. The Bertz CT molecular complexity index is 1020. The molecule has 0 N–H and O–H groups in total. The fourth-order valence-electron chi connectivity index (χ4n) is 11.3. The van der Waals surface area contributed by atoms with Gasteiger partial charge in [-0.25, -0.2) is 0 Å². The summed E-state index contributed by atoms with van der Waals surface area (Å²) in [7, 11) is 0. The van der Waals surface area contributed by atoms with Gasteiger partial charge >= 0.3 is 448 Å². The van der Waals surface area contributed by atoms with Crippen LogP contribution in [0.4, 0.5) is 0 Å². The Balaban J connectivity index is 0. The van der Waals surface area contributed by atoms with Crippen LogP contribution in [-0.4, -0.2) is 44.1 Å². The van der Waals surface area contributed by atoms with Gasteiger partial charge in [0, 0.05) is 5.97 Å². The topological polar surface area (TPSA) is 40.1 Å². The van der Waals surface area contributed by atoms with Crippen molar-refractivity contribution in [3.05, 3.63) is 30.3 Å². The van der Waals surface area contributed by atoms with E-state index in [9.17, 15) is 0 Å². The van der Waals surface area contributed by atoms with E-state index in [1.54, 1.807) is 65.1 Å². The molecule has 426 valence electrons.